The quantitative estimate of drug-likeness (QED) is 0.590. The van der Waals surface area contributed by atoms with E-state index < -0.39 is 0 Å². The molecule has 1 heterocycles. The Morgan fingerprint density at radius 1 is 1.22 bits per heavy atom. The van der Waals surface area contributed by atoms with Gasteiger partial charge in [0.2, 0.25) is 0 Å². The Labute approximate surface area is 166 Å². The number of halogens is 1. The van der Waals surface area contributed by atoms with Crippen LogP contribution in [0.15, 0.2) is 53.5 Å². The van der Waals surface area contributed by atoms with Crippen molar-refractivity contribution >= 4 is 23.2 Å². The van der Waals surface area contributed by atoms with Crippen molar-refractivity contribution in [2.75, 3.05) is 32.1 Å². The van der Waals surface area contributed by atoms with Crippen LogP contribution in [0.4, 0.5) is 5.69 Å². The highest BCUT2D eigenvalue weighted by Gasteiger charge is 2.23. The molecule has 0 radical (unpaired) electrons. The standard InChI is InChI=1S/C21H27ClN4O/c1-23-21(24-13-16-6-3-4-7-17(16)15-27-2)25-19-10-11-26(14-19)20-9-5-8-18(22)12-20/h3-9,12,19H,10-11,13-15H2,1-2H3,(H2,23,24,25). The number of nitrogens with one attached hydrogen (secondary N) is 2. The fraction of sp³-hybridized carbons (Fsp3) is 0.381. The summed E-state index contributed by atoms with van der Waals surface area (Å²) in [6.07, 6.45) is 1.06. The first-order valence-corrected chi connectivity index (χ1v) is 9.61. The normalized spacial score (nSPS) is 17.2. The molecule has 0 bridgehead atoms. The minimum atomic E-state index is 0.351. The molecule has 0 aliphatic carbocycles. The number of ether oxygens (including phenoxy) is 1. The van der Waals surface area contributed by atoms with Gasteiger partial charge in [0.05, 0.1) is 6.61 Å². The Balaban J connectivity index is 1.54. The summed E-state index contributed by atoms with van der Waals surface area (Å²) in [6.45, 7) is 3.26. The van der Waals surface area contributed by atoms with E-state index in [9.17, 15) is 0 Å². The maximum absolute atomic E-state index is 6.12. The Morgan fingerprint density at radius 2 is 2.04 bits per heavy atom. The first kappa shape index (κ1) is 19.5. The number of hydrogen-bond donors (Lipinski definition) is 2. The van der Waals surface area contributed by atoms with Crippen molar-refractivity contribution in [3.8, 4) is 0 Å². The van der Waals surface area contributed by atoms with Crippen molar-refractivity contribution in [3.63, 3.8) is 0 Å². The molecule has 0 saturated carbocycles. The molecular weight excluding hydrogens is 360 g/mol. The number of benzene rings is 2. The predicted molar refractivity (Wildman–Crippen MR) is 113 cm³/mol. The third kappa shape index (κ3) is 5.37. The second kappa shape index (κ2) is 9.62. The van der Waals surface area contributed by atoms with E-state index in [1.54, 1.807) is 14.2 Å². The molecule has 0 spiro atoms. The van der Waals surface area contributed by atoms with E-state index in [1.807, 2.05) is 30.3 Å². The van der Waals surface area contributed by atoms with Crippen LogP contribution in [-0.2, 0) is 17.9 Å². The first-order valence-electron chi connectivity index (χ1n) is 9.23. The zero-order valence-corrected chi connectivity index (χ0v) is 16.7. The number of guanidine groups is 1. The van der Waals surface area contributed by atoms with E-state index in [0.29, 0.717) is 19.2 Å². The smallest absolute Gasteiger partial charge is 0.191 e. The molecule has 1 aliphatic rings. The molecule has 27 heavy (non-hydrogen) atoms. The van der Waals surface area contributed by atoms with Crippen LogP contribution in [-0.4, -0.2) is 39.2 Å². The van der Waals surface area contributed by atoms with E-state index in [1.165, 1.54) is 16.8 Å². The lowest BCUT2D eigenvalue weighted by atomic mass is 10.1. The number of aliphatic imine (C=N–C) groups is 1. The minimum absolute atomic E-state index is 0.351. The molecule has 144 valence electrons. The summed E-state index contributed by atoms with van der Waals surface area (Å²) >= 11 is 6.12. The molecule has 1 saturated heterocycles. The molecule has 0 aromatic heterocycles. The van der Waals surface area contributed by atoms with Crippen molar-refractivity contribution in [2.45, 2.75) is 25.6 Å². The van der Waals surface area contributed by atoms with Crippen molar-refractivity contribution in [1.29, 1.82) is 0 Å². The molecule has 3 rings (SSSR count). The fourth-order valence-electron chi connectivity index (χ4n) is 3.38. The largest absolute Gasteiger partial charge is 0.380 e. The molecular formula is C21H27ClN4O. The SMILES string of the molecule is CN=C(NCc1ccccc1COC)NC1CCN(c2cccc(Cl)c2)C1. The van der Waals surface area contributed by atoms with Gasteiger partial charge in [-0.2, -0.15) is 0 Å². The third-order valence-corrected chi connectivity index (χ3v) is 5.03. The summed E-state index contributed by atoms with van der Waals surface area (Å²) in [5.74, 6) is 0.820. The third-order valence-electron chi connectivity index (χ3n) is 4.79. The monoisotopic (exact) mass is 386 g/mol. The lowest BCUT2D eigenvalue weighted by Gasteiger charge is -2.21. The van der Waals surface area contributed by atoms with Crippen LogP contribution in [0.25, 0.3) is 0 Å². The van der Waals surface area contributed by atoms with Crippen molar-refractivity contribution in [2.24, 2.45) is 4.99 Å². The number of nitrogens with zero attached hydrogens (tertiary/aromatic N) is 2. The Morgan fingerprint density at radius 3 is 2.78 bits per heavy atom. The van der Waals surface area contributed by atoms with Gasteiger partial charge in [0, 0.05) is 50.5 Å². The second-order valence-corrected chi connectivity index (χ2v) is 7.12. The maximum atomic E-state index is 6.12. The highest BCUT2D eigenvalue weighted by atomic mass is 35.5. The summed E-state index contributed by atoms with van der Waals surface area (Å²) in [6, 6.07) is 16.7. The van der Waals surface area contributed by atoms with Crippen LogP contribution in [0.3, 0.4) is 0 Å². The zero-order chi connectivity index (χ0) is 19.1. The van der Waals surface area contributed by atoms with Crippen LogP contribution in [0.1, 0.15) is 17.5 Å². The molecule has 0 amide bonds. The lowest BCUT2D eigenvalue weighted by Crippen LogP contribution is -2.44. The highest BCUT2D eigenvalue weighted by Crippen LogP contribution is 2.23. The summed E-state index contributed by atoms with van der Waals surface area (Å²) in [7, 11) is 3.52. The second-order valence-electron chi connectivity index (χ2n) is 6.68. The predicted octanol–water partition coefficient (Wildman–Crippen LogP) is 3.43. The van der Waals surface area contributed by atoms with Gasteiger partial charge in [-0.15, -0.1) is 0 Å². The molecule has 2 N–H and O–H groups in total. The summed E-state index contributed by atoms with van der Waals surface area (Å²) in [5.41, 5.74) is 3.58. The van der Waals surface area contributed by atoms with Gasteiger partial charge in [-0.05, 0) is 35.7 Å². The van der Waals surface area contributed by atoms with Gasteiger partial charge in [-0.25, -0.2) is 0 Å². The minimum Gasteiger partial charge on any atom is -0.380 e. The lowest BCUT2D eigenvalue weighted by molar-refractivity contribution is 0.184. The molecule has 1 aliphatic heterocycles. The summed E-state index contributed by atoms with van der Waals surface area (Å²) in [5, 5.41) is 7.73. The Hall–Kier alpha value is -2.24. The van der Waals surface area contributed by atoms with Crippen LogP contribution >= 0.6 is 11.6 Å². The average Bonchev–Trinajstić information content (AvgIpc) is 3.15. The molecule has 6 heteroatoms. The fourth-order valence-corrected chi connectivity index (χ4v) is 3.56. The van der Waals surface area contributed by atoms with E-state index in [-0.39, 0.29) is 0 Å². The maximum Gasteiger partial charge on any atom is 0.191 e. The van der Waals surface area contributed by atoms with Gasteiger partial charge in [-0.3, -0.25) is 4.99 Å². The summed E-state index contributed by atoms with van der Waals surface area (Å²) < 4.78 is 5.28. The molecule has 2 aromatic carbocycles. The molecule has 1 fully saturated rings. The molecule has 5 nitrogen and oxygen atoms in total. The van der Waals surface area contributed by atoms with Crippen molar-refractivity contribution in [3.05, 3.63) is 64.7 Å². The van der Waals surface area contributed by atoms with Crippen molar-refractivity contribution in [1.82, 2.24) is 10.6 Å². The number of rotatable bonds is 6. The molecule has 2 aromatic rings. The van der Waals surface area contributed by atoms with Gasteiger partial charge in [0.25, 0.3) is 0 Å². The molecule has 1 atom stereocenters. The first-order chi connectivity index (χ1) is 13.2. The van der Waals surface area contributed by atoms with E-state index in [2.05, 4.69) is 38.7 Å². The topological polar surface area (TPSA) is 48.9 Å². The summed E-state index contributed by atoms with van der Waals surface area (Å²) in [4.78, 5) is 6.73. The van der Waals surface area contributed by atoms with Crippen molar-refractivity contribution < 1.29 is 4.74 Å². The van der Waals surface area contributed by atoms with E-state index >= 15 is 0 Å². The molecule has 1 unspecified atom stereocenters. The van der Waals surface area contributed by atoms with Gasteiger partial charge < -0.3 is 20.3 Å². The van der Waals surface area contributed by atoms with Gasteiger partial charge >= 0.3 is 0 Å². The van der Waals surface area contributed by atoms with Gasteiger partial charge in [0.15, 0.2) is 5.96 Å². The van der Waals surface area contributed by atoms with E-state index in [4.69, 9.17) is 16.3 Å². The Kier molecular flexibility index (Phi) is 6.96. The van der Waals surface area contributed by atoms with Crippen LogP contribution in [0.2, 0.25) is 5.02 Å². The van der Waals surface area contributed by atoms with Crippen LogP contribution in [0, 0.1) is 0 Å². The average molecular weight is 387 g/mol. The van der Waals surface area contributed by atoms with Crippen LogP contribution in [0.5, 0.6) is 0 Å². The zero-order valence-electron chi connectivity index (χ0n) is 15.9. The van der Waals surface area contributed by atoms with Gasteiger partial charge in [-0.1, -0.05) is 41.9 Å². The Bertz CT molecular complexity index is 780. The highest BCUT2D eigenvalue weighted by molar-refractivity contribution is 6.30. The number of anilines is 1. The van der Waals surface area contributed by atoms with E-state index in [0.717, 1.165) is 30.5 Å². The number of hydrogen-bond acceptors (Lipinski definition) is 3. The van der Waals surface area contributed by atoms with Crippen LogP contribution < -0.4 is 15.5 Å². The van der Waals surface area contributed by atoms with Gasteiger partial charge in [0.1, 0.15) is 0 Å². The number of methoxy groups -OCH3 is 1.